The van der Waals surface area contributed by atoms with Crippen LogP contribution >= 0.6 is 34.8 Å². The Morgan fingerprint density at radius 1 is 1.05 bits per heavy atom. The number of sulfonamides is 1. The molecule has 1 aromatic carbocycles. The third kappa shape index (κ3) is 3.24. The predicted molar refractivity (Wildman–Crippen MR) is 82.3 cm³/mol. The molecule has 1 aromatic rings. The smallest absolute Gasteiger partial charge is 0.246 e. The molecule has 0 atom stereocenters. The van der Waals surface area contributed by atoms with Gasteiger partial charge in [0.05, 0.1) is 10.0 Å². The highest BCUT2D eigenvalue weighted by Gasteiger charge is 2.31. The zero-order valence-corrected chi connectivity index (χ0v) is 14.0. The Morgan fingerprint density at radius 2 is 1.55 bits per heavy atom. The molecule has 0 radical (unpaired) electrons. The lowest BCUT2D eigenvalue weighted by Gasteiger charge is -2.33. The molecule has 0 aromatic heterocycles. The van der Waals surface area contributed by atoms with Gasteiger partial charge in [-0.1, -0.05) is 41.7 Å². The van der Waals surface area contributed by atoms with E-state index in [0.29, 0.717) is 31.2 Å². The molecule has 0 spiro atoms. The Morgan fingerprint density at radius 3 is 2.00 bits per heavy atom. The average Bonchev–Trinajstić information content (AvgIpc) is 2.37. The van der Waals surface area contributed by atoms with Gasteiger partial charge in [0.2, 0.25) is 10.0 Å². The summed E-state index contributed by atoms with van der Waals surface area (Å²) in [5, 5.41) is 0.426. The van der Waals surface area contributed by atoms with Crippen molar-refractivity contribution < 1.29 is 8.42 Å². The minimum atomic E-state index is -3.69. The van der Waals surface area contributed by atoms with Gasteiger partial charge in [-0.15, -0.1) is 0 Å². The normalized spacial score (nSPS) is 18.4. The van der Waals surface area contributed by atoms with Crippen LogP contribution in [0.3, 0.4) is 0 Å². The van der Waals surface area contributed by atoms with Crippen LogP contribution < -0.4 is 0 Å². The van der Waals surface area contributed by atoms with E-state index in [0.717, 1.165) is 6.54 Å². The van der Waals surface area contributed by atoms with Crippen molar-refractivity contribution in [2.75, 3.05) is 32.7 Å². The summed E-state index contributed by atoms with van der Waals surface area (Å²) >= 11 is 17.8. The lowest BCUT2D eigenvalue weighted by molar-refractivity contribution is 0.196. The maximum absolute atomic E-state index is 12.6. The van der Waals surface area contributed by atoms with Gasteiger partial charge >= 0.3 is 0 Å². The highest BCUT2D eigenvalue weighted by Crippen LogP contribution is 2.34. The standard InChI is InChI=1S/C12H15Cl3N2O2S/c1-2-16-3-5-17(6-4-16)20(18,19)12-10(14)7-9(13)8-11(12)15/h7-8H,2-6H2,1H3. The van der Waals surface area contributed by atoms with Gasteiger partial charge in [0.25, 0.3) is 0 Å². The van der Waals surface area contributed by atoms with E-state index in [2.05, 4.69) is 11.8 Å². The lowest BCUT2D eigenvalue weighted by atomic mass is 10.3. The van der Waals surface area contributed by atoms with Gasteiger partial charge in [0, 0.05) is 31.2 Å². The molecule has 0 unspecified atom stereocenters. The van der Waals surface area contributed by atoms with Gasteiger partial charge in [-0.2, -0.15) is 4.31 Å². The number of hydrogen-bond donors (Lipinski definition) is 0. The van der Waals surface area contributed by atoms with Crippen molar-refractivity contribution in [3.8, 4) is 0 Å². The Labute approximate surface area is 134 Å². The van der Waals surface area contributed by atoms with E-state index in [4.69, 9.17) is 34.8 Å². The summed E-state index contributed by atoms with van der Waals surface area (Å²) in [5.41, 5.74) is 0. The molecule has 1 heterocycles. The van der Waals surface area contributed by atoms with E-state index in [1.165, 1.54) is 16.4 Å². The Balaban J connectivity index is 2.32. The van der Waals surface area contributed by atoms with Crippen LogP contribution in [0.1, 0.15) is 6.92 Å². The monoisotopic (exact) mass is 356 g/mol. The summed E-state index contributed by atoms with van der Waals surface area (Å²) in [4.78, 5) is 2.13. The topological polar surface area (TPSA) is 40.6 Å². The fraction of sp³-hybridized carbons (Fsp3) is 0.500. The molecule has 4 nitrogen and oxygen atoms in total. The third-order valence-corrected chi connectivity index (χ3v) is 6.38. The zero-order valence-electron chi connectivity index (χ0n) is 10.9. The van der Waals surface area contributed by atoms with Crippen molar-refractivity contribution in [3.05, 3.63) is 27.2 Å². The summed E-state index contributed by atoms with van der Waals surface area (Å²) < 4.78 is 26.7. The first-order valence-electron chi connectivity index (χ1n) is 6.23. The van der Waals surface area contributed by atoms with Crippen LogP contribution in [0.4, 0.5) is 0 Å². The molecule has 1 saturated heterocycles. The predicted octanol–water partition coefficient (Wildman–Crippen LogP) is 2.97. The van der Waals surface area contributed by atoms with E-state index in [9.17, 15) is 8.42 Å². The molecule has 8 heteroatoms. The molecular weight excluding hydrogens is 343 g/mol. The Hall–Kier alpha value is -0.0400. The fourth-order valence-electron chi connectivity index (χ4n) is 2.19. The summed E-state index contributed by atoms with van der Waals surface area (Å²) in [5.74, 6) is 0. The number of rotatable bonds is 3. The van der Waals surface area contributed by atoms with Gasteiger partial charge in [-0.25, -0.2) is 8.42 Å². The second-order valence-corrected chi connectivity index (χ2v) is 7.66. The number of likely N-dealkylation sites (N-methyl/N-ethyl adjacent to an activating group) is 1. The van der Waals surface area contributed by atoms with E-state index >= 15 is 0 Å². The highest BCUT2D eigenvalue weighted by atomic mass is 35.5. The zero-order chi connectivity index (χ0) is 14.9. The average molecular weight is 358 g/mol. The second kappa shape index (κ2) is 6.38. The number of benzene rings is 1. The van der Waals surface area contributed by atoms with Crippen LogP contribution in [-0.2, 0) is 10.0 Å². The second-order valence-electron chi connectivity index (χ2n) is 4.54. The molecule has 0 saturated carbocycles. The summed E-state index contributed by atoms with van der Waals surface area (Å²) in [6.45, 7) is 5.25. The minimum absolute atomic E-state index is 0.0559. The number of piperazine rings is 1. The van der Waals surface area contributed by atoms with Crippen LogP contribution in [0.25, 0.3) is 0 Å². The van der Waals surface area contributed by atoms with Gasteiger partial charge in [-0.3, -0.25) is 0 Å². The van der Waals surface area contributed by atoms with Crippen LogP contribution in [0.2, 0.25) is 15.1 Å². The van der Waals surface area contributed by atoms with Crippen LogP contribution in [0.5, 0.6) is 0 Å². The number of halogens is 3. The molecule has 1 aliphatic heterocycles. The molecule has 0 bridgehead atoms. The van der Waals surface area contributed by atoms with E-state index in [1.54, 1.807) is 0 Å². The molecule has 1 aliphatic rings. The molecular formula is C12H15Cl3N2O2S. The van der Waals surface area contributed by atoms with Crippen molar-refractivity contribution in [3.63, 3.8) is 0 Å². The number of hydrogen-bond acceptors (Lipinski definition) is 3. The van der Waals surface area contributed by atoms with Gasteiger partial charge in [0.15, 0.2) is 0 Å². The first-order valence-corrected chi connectivity index (χ1v) is 8.80. The molecule has 1 fully saturated rings. The molecule has 0 N–H and O–H groups in total. The van der Waals surface area contributed by atoms with Gasteiger partial charge in [-0.05, 0) is 18.7 Å². The van der Waals surface area contributed by atoms with Gasteiger partial charge < -0.3 is 4.90 Å². The van der Waals surface area contributed by atoms with Crippen molar-refractivity contribution in [2.45, 2.75) is 11.8 Å². The maximum atomic E-state index is 12.6. The third-order valence-electron chi connectivity index (χ3n) is 3.34. The first-order chi connectivity index (χ1) is 9.36. The summed E-state index contributed by atoms with van der Waals surface area (Å²) in [6.07, 6.45) is 0. The minimum Gasteiger partial charge on any atom is -0.301 e. The Kier molecular flexibility index (Phi) is 5.21. The first kappa shape index (κ1) is 16.3. The largest absolute Gasteiger partial charge is 0.301 e. The number of nitrogens with zero attached hydrogens (tertiary/aromatic N) is 2. The van der Waals surface area contributed by atoms with Crippen molar-refractivity contribution >= 4 is 44.8 Å². The van der Waals surface area contributed by atoms with E-state index < -0.39 is 10.0 Å². The molecule has 2 rings (SSSR count). The summed E-state index contributed by atoms with van der Waals surface area (Å²) in [7, 11) is -3.69. The van der Waals surface area contributed by atoms with Crippen LogP contribution in [0.15, 0.2) is 17.0 Å². The Bertz CT molecular complexity index is 576. The quantitative estimate of drug-likeness (QED) is 0.835. The molecule has 0 amide bonds. The fourth-order valence-corrected chi connectivity index (χ4v) is 5.11. The molecule has 20 heavy (non-hydrogen) atoms. The van der Waals surface area contributed by atoms with Gasteiger partial charge in [0.1, 0.15) is 4.90 Å². The van der Waals surface area contributed by atoms with Crippen molar-refractivity contribution in [2.24, 2.45) is 0 Å². The van der Waals surface area contributed by atoms with Crippen molar-refractivity contribution in [1.29, 1.82) is 0 Å². The van der Waals surface area contributed by atoms with Crippen molar-refractivity contribution in [1.82, 2.24) is 9.21 Å². The van der Waals surface area contributed by atoms with E-state index in [-0.39, 0.29) is 14.9 Å². The molecule has 112 valence electrons. The molecule has 0 aliphatic carbocycles. The van der Waals surface area contributed by atoms with E-state index in [1.807, 2.05) is 0 Å². The van der Waals surface area contributed by atoms with Crippen LogP contribution in [-0.4, -0.2) is 50.3 Å². The highest BCUT2D eigenvalue weighted by molar-refractivity contribution is 7.89. The summed E-state index contributed by atoms with van der Waals surface area (Å²) in [6, 6.07) is 2.79. The lowest BCUT2D eigenvalue weighted by Crippen LogP contribution is -2.48. The van der Waals surface area contributed by atoms with Crippen LogP contribution in [0, 0.1) is 0 Å². The SMILES string of the molecule is CCN1CCN(S(=O)(=O)c2c(Cl)cc(Cl)cc2Cl)CC1. The maximum Gasteiger partial charge on any atom is 0.246 e.